The van der Waals surface area contributed by atoms with E-state index in [-0.39, 0.29) is 0 Å². The van der Waals surface area contributed by atoms with Gasteiger partial charge in [0.1, 0.15) is 5.82 Å². The first-order chi connectivity index (χ1) is 9.28. The van der Waals surface area contributed by atoms with Crippen molar-refractivity contribution in [2.24, 2.45) is 0 Å². The third kappa shape index (κ3) is 2.28. The molecule has 0 bridgehead atoms. The number of para-hydroxylation sites is 1. The van der Waals surface area contributed by atoms with Gasteiger partial charge in [0.15, 0.2) is 0 Å². The largest absolute Gasteiger partial charge is 0.373 e. The molecule has 3 heteroatoms. The maximum absolute atomic E-state index is 4.38. The van der Waals surface area contributed by atoms with Crippen LogP contribution in [0.5, 0.6) is 0 Å². The van der Waals surface area contributed by atoms with Gasteiger partial charge in [0.2, 0.25) is 0 Å². The molecule has 19 heavy (non-hydrogen) atoms. The molecule has 0 aliphatic carbocycles. The van der Waals surface area contributed by atoms with E-state index in [0.29, 0.717) is 6.04 Å². The molecule has 0 saturated heterocycles. The summed E-state index contributed by atoms with van der Waals surface area (Å²) in [6, 6.07) is 13.4. The lowest BCUT2D eigenvalue weighted by Gasteiger charge is -2.24. The summed E-state index contributed by atoms with van der Waals surface area (Å²) < 4.78 is 0. The van der Waals surface area contributed by atoms with Crippen LogP contribution in [0.4, 0.5) is 11.5 Å². The van der Waals surface area contributed by atoms with Crippen molar-refractivity contribution in [3.63, 3.8) is 0 Å². The van der Waals surface area contributed by atoms with E-state index < -0.39 is 0 Å². The Labute approximate surface area is 114 Å². The van der Waals surface area contributed by atoms with Crippen LogP contribution in [0, 0.1) is 0 Å². The third-order valence-electron chi connectivity index (χ3n) is 3.78. The van der Waals surface area contributed by atoms with Crippen molar-refractivity contribution in [1.82, 2.24) is 4.98 Å². The average molecular weight is 253 g/mol. The Morgan fingerprint density at radius 1 is 1.26 bits per heavy atom. The van der Waals surface area contributed by atoms with Crippen molar-refractivity contribution in [3.05, 3.63) is 53.7 Å². The number of pyridine rings is 1. The van der Waals surface area contributed by atoms with E-state index in [1.807, 2.05) is 19.3 Å². The number of hydrogen-bond acceptors (Lipinski definition) is 3. The Kier molecular flexibility index (Phi) is 3.11. The quantitative estimate of drug-likeness (QED) is 0.911. The van der Waals surface area contributed by atoms with E-state index in [4.69, 9.17) is 0 Å². The molecule has 1 aliphatic rings. The molecular weight excluding hydrogens is 234 g/mol. The monoisotopic (exact) mass is 253 g/mol. The SMILES string of the molecule is CNc1ccc(CN2c3ccccc3CC2C)cn1. The van der Waals surface area contributed by atoms with Crippen molar-refractivity contribution in [3.8, 4) is 0 Å². The summed E-state index contributed by atoms with van der Waals surface area (Å²) in [5.74, 6) is 0.915. The highest BCUT2D eigenvalue weighted by molar-refractivity contribution is 5.59. The minimum atomic E-state index is 0.557. The Balaban J connectivity index is 1.82. The van der Waals surface area contributed by atoms with Crippen molar-refractivity contribution in [2.75, 3.05) is 17.3 Å². The minimum absolute atomic E-state index is 0.557. The van der Waals surface area contributed by atoms with E-state index in [2.05, 4.69) is 52.5 Å². The van der Waals surface area contributed by atoms with Crippen molar-refractivity contribution < 1.29 is 0 Å². The zero-order chi connectivity index (χ0) is 13.2. The molecule has 1 aromatic carbocycles. The van der Waals surface area contributed by atoms with Gasteiger partial charge >= 0.3 is 0 Å². The van der Waals surface area contributed by atoms with Crippen LogP contribution in [-0.4, -0.2) is 18.1 Å². The van der Waals surface area contributed by atoms with Crippen molar-refractivity contribution >= 4 is 11.5 Å². The lowest BCUT2D eigenvalue weighted by atomic mass is 10.1. The van der Waals surface area contributed by atoms with E-state index >= 15 is 0 Å². The van der Waals surface area contributed by atoms with Crippen LogP contribution in [0.3, 0.4) is 0 Å². The van der Waals surface area contributed by atoms with Crippen LogP contribution in [0.15, 0.2) is 42.6 Å². The summed E-state index contributed by atoms with van der Waals surface area (Å²) in [7, 11) is 1.89. The fourth-order valence-electron chi connectivity index (χ4n) is 2.73. The number of hydrogen-bond donors (Lipinski definition) is 1. The number of nitrogens with zero attached hydrogens (tertiary/aromatic N) is 2. The fourth-order valence-corrected chi connectivity index (χ4v) is 2.73. The molecule has 1 atom stereocenters. The maximum Gasteiger partial charge on any atom is 0.125 e. The zero-order valence-electron chi connectivity index (χ0n) is 11.4. The summed E-state index contributed by atoms with van der Waals surface area (Å²) in [5, 5.41) is 3.05. The molecule has 2 aromatic rings. The van der Waals surface area contributed by atoms with Gasteiger partial charge in [-0.25, -0.2) is 4.98 Å². The first-order valence-electron chi connectivity index (χ1n) is 6.75. The highest BCUT2D eigenvalue weighted by Gasteiger charge is 2.25. The Hall–Kier alpha value is -2.03. The van der Waals surface area contributed by atoms with Crippen LogP contribution in [0.25, 0.3) is 0 Å². The first-order valence-corrected chi connectivity index (χ1v) is 6.75. The first kappa shape index (κ1) is 12.0. The number of rotatable bonds is 3. The summed E-state index contributed by atoms with van der Waals surface area (Å²) in [6.07, 6.45) is 3.09. The lowest BCUT2D eigenvalue weighted by molar-refractivity contribution is 0.671. The van der Waals surface area contributed by atoms with Gasteiger partial charge in [-0.3, -0.25) is 0 Å². The molecule has 0 radical (unpaired) electrons. The van der Waals surface area contributed by atoms with Gasteiger partial charge in [-0.2, -0.15) is 0 Å². The number of aromatic nitrogens is 1. The molecule has 0 amide bonds. The second-order valence-electron chi connectivity index (χ2n) is 5.11. The minimum Gasteiger partial charge on any atom is -0.373 e. The third-order valence-corrected chi connectivity index (χ3v) is 3.78. The van der Waals surface area contributed by atoms with Gasteiger partial charge in [0, 0.05) is 31.5 Å². The van der Waals surface area contributed by atoms with Crippen LogP contribution in [-0.2, 0) is 13.0 Å². The normalized spacial score (nSPS) is 17.4. The smallest absolute Gasteiger partial charge is 0.125 e. The van der Waals surface area contributed by atoms with Crippen molar-refractivity contribution in [1.29, 1.82) is 0 Å². The fraction of sp³-hybridized carbons (Fsp3) is 0.312. The molecule has 3 rings (SSSR count). The molecule has 1 aliphatic heterocycles. The van der Waals surface area contributed by atoms with E-state index in [9.17, 15) is 0 Å². The van der Waals surface area contributed by atoms with E-state index in [1.54, 1.807) is 0 Å². The topological polar surface area (TPSA) is 28.2 Å². The zero-order valence-corrected chi connectivity index (χ0v) is 11.4. The van der Waals surface area contributed by atoms with E-state index in [0.717, 1.165) is 18.8 Å². The molecule has 0 fully saturated rings. The van der Waals surface area contributed by atoms with Gasteiger partial charge in [0.25, 0.3) is 0 Å². The van der Waals surface area contributed by atoms with Crippen LogP contribution < -0.4 is 10.2 Å². The molecule has 0 saturated carbocycles. The molecule has 0 spiro atoms. The molecule has 1 unspecified atom stereocenters. The predicted octanol–water partition coefficient (Wildman–Crippen LogP) is 3.07. The molecule has 98 valence electrons. The summed E-state index contributed by atoms with van der Waals surface area (Å²) in [6.45, 7) is 3.21. The Morgan fingerprint density at radius 2 is 2.11 bits per heavy atom. The van der Waals surface area contributed by atoms with Gasteiger partial charge < -0.3 is 10.2 Å². The second kappa shape index (κ2) is 4.92. The molecule has 1 aromatic heterocycles. The highest BCUT2D eigenvalue weighted by Crippen LogP contribution is 2.32. The van der Waals surface area contributed by atoms with E-state index in [1.165, 1.54) is 16.8 Å². The number of fused-ring (bicyclic) bond motifs is 1. The molecular formula is C16H19N3. The molecule has 2 heterocycles. The Morgan fingerprint density at radius 3 is 2.84 bits per heavy atom. The van der Waals surface area contributed by atoms with Gasteiger partial charge in [-0.05, 0) is 36.6 Å². The number of anilines is 2. The average Bonchev–Trinajstić information content (AvgIpc) is 2.76. The lowest BCUT2D eigenvalue weighted by Crippen LogP contribution is -2.28. The second-order valence-corrected chi connectivity index (χ2v) is 5.11. The predicted molar refractivity (Wildman–Crippen MR) is 79.6 cm³/mol. The van der Waals surface area contributed by atoms with Crippen LogP contribution in [0.2, 0.25) is 0 Å². The number of benzene rings is 1. The Bertz CT molecular complexity index is 562. The standard InChI is InChI=1S/C16H19N3/c1-12-9-14-5-3-4-6-15(14)19(12)11-13-7-8-16(17-2)18-10-13/h3-8,10,12H,9,11H2,1-2H3,(H,17,18). The summed E-state index contributed by atoms with van der Waals surface area (Å²) in [5.41, 5.74) is 4.07. The molecule has 1 N–H and O–H groups in total. The van der Waals surface area contributed by atoms with Gasteiger partial charge in [-0.1, -0.05) is 24.3 Å². The van der Waals surface area contributed by atoms with Gasteiger partial charge in [-0.15, -0.1) is 0 Å². The number of nitrogens with one attached hydrogen (secondary N) is 1. The van der Waals surface area contributed by atoms with Gasteiger partial charge in [0.05, 0.1) is 0 Å². The summed E-state index contributed by atoms with van der Waals surface area (Å²) in [4.78, 5) is 6.85. The highest BCUT2D eigenvalue weighted by atomic mass is 15.2. The van der Waals surface area contributed by atoms with Crippen molar-refractivity contribution in [2.45, 2.75) is 25.9 Å². The maximum atomic E-state index is 4.38. The van der Waals surface area contributed by atoms with Crippen LogP contribution >= 0.6 is 0 Å². The summed E-state index contributed by atoms with van der Waals surface area (Å²) >= 11 is 0. The molecule has 3 nitrogen and oxygen atoms in total. The van der Waals surface area contributed by atoms with Crippen LogP contribution in [0.1, 0.15) is 18.1 Å².